The molecule has 8 heteroatoms. The number of piperazine rings is 1. The van der Waals surface area contributed by atoms with Crippen molar-refractivity contribution in [1.82, 2.24) is 24.6 Å². The number of anilines is 1. The van der Waals surface area contributed by atoms with Crippen LogP contribution in [0.2, 0.25) is 0 Å². The highest BCUT2D eigenvalue weighted by Crippen LogP contribution is 2.31. The molecule has 5 aromatic rings. The van der Waals surface area contributed by atoms with E-state index < -0.39 is 0 Å². The van der Waals surface area contributed by atoms with Crippen molar-refractivity contribution in [1.29, 1.82) is 0 Å². The second kappa shape index (κ2) is 10.4. The molecule has 0 saturated carbocycles. The summed E-state index contributed by atoms with van der Waals surface area (Å²) >= 11 is 0. The number of aromatic amines is 1. The highest BCUT2D eigenvalue weighted by Gasteiger charge is 2.18. The van der Waals surface area contributed by atoms with E-state index >= 15 is 0 Å². The fourth-order valence-corrected chi connectivity index (χ4v) is 5.24. The lowest BCUT2D eigenvalue weighted by Crippen LogP contribution is -2.48. The Hall–Kier alpha value is -4.01. The Labute approximate surface area is 221 Å². The minimum atomic E-state index is -0.288. The van der Waals surface area contributed by atoms with Crippen LogP contribution in [-0.2, 0) is 6.54 Å². The average molecular weight is 511 g/mol. The molecule has 2 aromatic carbocycles. The van der Waals surface area contributed by atoms with Crippen LogP contribution in [0.15, 0.2) is 79.4 Å². The van der Waals surface area contributed by atoms with Crippen molar-refractivity contribution in [2.24, 2.45) is 0 Å². The van der Waals surface area contributed by atoms with Gasteiger partial charge in [0, 0.05) is 79.1 Å². The number of hydrogen-bond acceptors (Lipinski definition) is 5. The number of halogens is 1. The second-order valence-electron chi connectivity index (χ2n) is 10.1. The monoisotopic (exact) mass is 510 g/mol. The Bertz CT molecular complexity index is 1530. The molecule has 0 radical (unpaired) electrons. The lowest BCUT2D eigenvalue weighted by molar-refractivity contribution is 0.123. The predicted octanol–water partition coefficient (Wildman–Crippen LogP) is 4.78. The van der Waals surface area contributed by atoms with Crippen LogP contribution in [0.25, 0.3) is 33.3 Å². The van der Waals surface area contributed by atoms with Crippen LogP contribution < -0.4 is 4.90 Å². The fourth-order valence-electron chi connectivity index (χ4n) is 5.24. The molecule has 0 aliphatic carbocycles. The van der Waals surface area contributed by atoms with E-state index in [-0.39, 0.29) is 11.9 Å². The third-order valence-corrected chi connectivity index (χ3v) is 7.17. The maximum atomic E-state index is 13.6. The first-order valence-electron chi connectivity index (χ1n) is 13.0. The van der Waals surface area contributed by atoms with Crippen molar-refractivity contribution >= 4 is 16.7 Å². The summed E-state index contributed by atoms with van der Waals surface area (Å²) in [5.41, 5.74) is 7.10. The van der Waals surface area contributed by atoms with Gasteiger partial charge in [-0.3, -0.25) is 9.58 Å². The van der Waals surface area contributed by atoms with E-state index in [1.807, 2.05) is 42.5 Å². The number of rotatable bonds is 7. The molecule has 194 valence electrons. The van der Waals surface area contributed by atoms with Gasteiger partial charge in [0.25, 0.3) is 0 Å². The van der Waals surface area contributed by atoms with Crippen molar-refractivity contribution in [3.63, 3.8) is 0 Å². The van der Waals surface area contributed by atoms with Gasteiger partial charge < -0.3 is 15.0 Å². The number of nitrogens with one attached hydrogen (secondary N) is 1. The molecule has 1 aliphatic heterocycles. The Kier molecular flexibility index (Phi) is 6.66. The van der Waals surface area contributed by atoms with Gasteiger partial charge in [0.1, 0.15) is 11.5 Å². The van der Waals surface area contributed by atoms with Gasteiger partial charge in [-0.15, -0.1) is 0 Å². The minimum Gasteiger partial charge on any atom is -0.392 e. The summed E-state index contributed by atoms with van der Waals surface area (Å²) in [5, 5.41) is 15.2. The van der Waals surface area contributed by atoms with Gasteiger partial charge in [-0.1, -0.05) is 24.3 Å². The van der Waals surface area contributed by atoms with Crippen molar-refractivity contribution in [2.45, 2.75) is 19.6 Å². The van der Waals surface area contributed by atoms with Crippen LogP contribution in [0, 0.1) is 5.82 Å². The van der Waals surface area contributed by atoms with Gasteiger partial charge in [-0.25, -0.2) is 9.37 Å². The van der Waals surface area contributed by atoms with E-state index in [0.29, 0.717) is 6.54 Å². The third kappa shape index (κ3) is 5.18. The molecule has 38 heavy (non-hydrogen) atoms. The first-order valence-corrected chi connectivity index (χ1v) is 13.0. The molecule has 3 aromatic heterocycles. The first-order chi connectivity index (χ1) is 18.5. The fraction of sp³-hybridized carbons (Fsp3) is 0.267. The molecule has 6 rings (SSSR count). The number of hydrogen-bond donors (Lipinski definition) is 2. The zero-order chi connectivity index (χ0) is 26.1. The molecule has 7 nitrogen and oxygen atoms in total. The maximum Gasteiger partial charge on any atom is 0.137 e. The zero-order valence-corrected chi connectivity index (χ0v) is 21.4. The summed E-state index contributed by atoms with van der Waals surface area (Å²) in [6.07, 6.45) is 7.40. The van der Waals surface area contributed by atoms with E-state index in [1.54, 1.807) is 6.07 Å². The molecular weight excluding hydrogens is 479 g/mol. The highest BCUT2D eigenvalue weighted by molar-refractivity contribution is 5.95. The van der Waals surface area contributed by atoms with Crippen LogP contribution in [0.5, 0.6) is 0 Å². The predicted molar refractivity (Wildman–Crippen MR) is 149 cm³/mol. The number of H-pyrrole nitrogens is 1. The van der Waals surface area contributed by atoms with Crippen molar-refractivity contribution in [3.8, 4) is 22.3 Å². The largest absolute Gasteiger partial charge is 0.392 e. The summed E-state index contributed by atoms with van der Waals surface area (Å²) in [7, 11) is 0. The van der Waals surface area contributed by atoms with Crippen molar-refractivity contribution in [3.05, 3.63) is 90.8 Å². The van der Waals surface area contributed by atoms with E-state index in [2.05, 4.69) is 55.2 Å². The zero-order valence-electron chi connectivity index (χ0n) is 21.4. The molecule has 0 bridgehead atoms. The Morgan fingerprint density at radius 1 is 0.974 bits per heavy atom. The van der Waals surface area contributed by atoms with Gasteiger partial charge in [-0.05, 0) is 48.4 Å². The third-order valence-electron chi connectivity index (χ3n) is 7.17. The summed E-state index contributed by atoms with van der Waals surface area (Å²) in [6, 6.07) is 17.4. The van der Waals surface area contributed by atoms with Gasteiger partial charge in [-0.2, -0.15) is 5.10 Å². The number of pyridine rings is 1. The Morgan fingerprint density at radius 3 is 2.55 bits per heavy atom. The lowest BCUT2D eigenvalue weighted by atomic mass is 10.0. The molecule has 0 amide bonds. The number of aromatic nitrogens is 4. The number of fused-ring (bicyclic) bond motifs is 1. The average Bonchev–Trinajstić information content (AvgIpc) is 3.55. The number of nitrogens with zero attached hydrogens (tertiary/aromatic N) is 5. The normalized spacial score (nSPS) is 15.3. The first kappa shape index (κ1) is 24.3. The van der Waals surface area contributed by atoms with Gasteiger partial charge >= 0.3 is 0 Å². The Balaban J connectivity index is 1.19. The minimum absolute atomic E-state index is 0.242. The summed E-state index contributed by atoms with van der Waals surface area (Å²) in [6.45, 7) is 6.92. The maximum absolute atomic E-state index is 13.6. The van der Waals surface area contributed by atoms with Gasteiger partial charge in [0.05, 0.1) is 18.8 Å². The SMILES string of the molecule is C[C@H](O)CN1CCN(c2ccc(-c3cnc4[nH]cc(-c5cnn(Cc6cccc(F)c6)c5)c4c3)cc2)CC1. The lowest BCUT2D eigenvalue weighted by Gasteiger charge is -2.36. The van der Waals surface area contributed by atoms with Gasteiger partial charge in [0.15, 0.2) is 0 Å². The molecule has 2 N–H and O–H groups in total. The van der Waals surface area contributed by atoms with E-state index in [0.717, 1.165) is 71.6 Å². The van der Waals surface area contributed by atoms with E-state index in [1.165, 1.54) is 17.8 Å². The number of aliphatic hydroxyl groups is 1. The van der Waals surface area contributed by atoms with E-state index in [9.17, 15) is 9.50 Å². The number of aliphatic hydroxyl groups excluding tert-OH is 1. The smallest absolute Gasteiger partial charge is 0.137 e. The quantitative estimate of drug-likeness (QED) is 0.330. The second-order valence-corrected chi connectivity index (χ2v) is 10.1. The van der Waals surface area contributed by atoms with Crippen LogP contribution >= 0.6 is 0 Å². The molecule has 4 heterocycles. The van der Waals surface area contributed by atoms with Crippen LogP contribution in [0.4, 0.5) is 10.1 Å². The van der Waals surface area contributed by atoms with Crippen molar-refractivity contribution < 1.29 is 9.50 Å². The van der Waals surface area contributed by atoms with Crippen LogP contribution in [0.1, 0.15) is 12.5 Å². The number of β-amino-alcohol motifs (C(OH)–C–C–N with tert-alkyl or cyclic N) is 1. The molecule has 1 atom stereocenters. The molecule has 1 aliphatic rings. The summed E-state index contributed by atoms with van der Waals surface area (Å²) in [5.74, 6) is -0.242. The summed E-state index contributed by atoms with van der Waals surface area (Å²) in [4.78, 5) is 12.7. The highest BCUT2D eigenvalue weighted by atomic mass is 19.1. The van der Waals surface area contributed by atoms with Crippen molar-refractivity contribution in [2.75, 3.05) is 37.6 Å². The molecular formula is C30H31FN6O. The number of benzene rings is 2. The topological polar surface area (TPSA) is 73.2 Å². The standard InChI is InChI=1S/C30H31FN6O/c1-21(38)18-35-9-11-36(12-10-35)27-7-5-23(6-8-27)24-14-28-29(17-33-30(28)32-15-24)25-16-34-37(20-25)19-22-3-2-4-26(31)13-22/h2-8,13-17,20-21,38H,9-12,18-19H2,1H3,(H,32,33)/t21-/m0/s1. The van der Waals surface area contributed by atoms with E-state index in [4.69, 9.17) is 0 Å². The van der Waals surface area contributed by atoms with Crippen LogP contribution in [0.3, 0.4) is 0 Å². The molecule has 1 saturated heterocycles. The molecule has 0 spiro atoms. The molecule has 1 fully saturated rings. The summed E-state index contributed by atoms with van der Waals surface area (Å²) < 4.78 is 15.4. The Morgan fingerprint density at radius 2 is 1.79 bits per heavy atom. The molecule has 0 unspecified atom stereocenters. The van der Waals surface area contributed by atoms with Crippen LogP contribution in [-0.4, -0.2) is 68.6 Å². The van der Waals surface area contributed by atoms with Gasteiger partial charge in [0.2, 0.25) is 0 Å².